The summed E-state index contributed by atoms with van der Waals surface area (Å²) in [5.41, 5.74) is 0.921. The number of hydrogen-bond donors (Lipinski definition) is 2. The standard InChI is InChI=1S/C15H19NO4/c1-4-8-20-15(19)16-13(10(2)3)11-6-5-7-12(9-11)14(17)18/h4-7,9-10,13H,1,8H2,2-3H3,(H,16,19)(H,17,18). The van der Waals surface area contributed by atoms with Gasteiger partial charge in [0, 0.05) is 0 Å². The second-order valence-corrected chi connectivity index (χ2v) is 4.68. The molecule has 0 aliphatic heterocycles. The van der Waals surface area contributed by atoms with Gasteiger partial charge in [-0.25, -0.2) is 9.59 Å². The Morgan fingerprint density at radius 1 is 1.45 bits per heavy atom. The number of hydrogen-bond acceptors (Lipinski definition) is 3. The Morgan fingerprint density at radius 3 is 2.70 bits per heavy atom. The molecule has 1 unspecified atom stereocenters. The lowest BCUT2D eigenvalue weighted by atomic mass is 9.95. The van der Waals surface area contributed by atoms with Crippen LogP contribution >= 0.6 is 0 Å². The normalized spacial score (nSPS) is 11.8. The average molecular weight is 277 g/mol. The van der Waals surface area contributed by atoms with Crippen molar-refractivity contribution in [2.75, 3.05) is 6.61 Å². The molecule has 20 heavy (non-hydrogen) atoms. The quantitative estimate of drug-likeness (QED) is 0.784. The molecule has 0 fully saturated rings. The van der Waals surface area contributed by atoms with E-state index in [1.165, 1.54) is 12.1 Å². The number of carboxylic acids is 1. The van der Waals surface area contributed by atoms with Crippen LogP contribution in [0.1, 0.15) is 35.8 Å². The third kappa shape index (κ3) is 4.42. The number of alkyl carbamates (subject to hydrolysis) is 1. The summed E-state index contributed by atoms with van der Waals surface area (Å²) in [5.74, 6) is -0.904. The van der Waals surface area contributed by atoms with Crippen molar-refractivity contribution in [1.29, 1.82) is 0 Å². The Kier molecular flexibility index (Phi) is 5.77. The summed E-state index contributed by atoms with van der Waals surface area (Å²) in [6, 6.07) is 6.20. The van der Waals surface area contributed by atoms with E-state index < -0.39 is 12.1 Å². The van der Waals surface area contributed by atoms with Gasteiger partial charge >= 0.3 is 12.1 Å². The first-order valence-corrected chi connectivity index (χ1v) is 6.33. The molecule has 1 atom stereocenters. The van der Waals surface area contributed by atoms with Crippen LogP contribution < -0.4 is 5.32 Å². The summed E-state index contributed by atoms with van der Waals surface area (Å²) >= 11 is 0. The van der Waals surface area contributed by atoms with Crippen LogP contribution in [0.2, 0.25) is 0 Å². The number of carbonyl (C=O) groups is 2. The molecule has 1 amide bonds. The van der Waals surface area contributed by atoms with E-state index in [0.29, 0.717) is 0 Å². The Hall–Kier alpha value is -2.30. The molecule has 108 valence electrons. The van der Waals surface area contributed by atoms with Crippen LogP contribution in [0, 0.1) is 5.92 Å². The molecule has 0 bridgehead atoms. The van der Waals surface area contributed by atoms with Crippen LogP contribution in [-0.2, 0) is 4.74 Å². The first kappa shape index (κ1) is 15.8. The van der Waals surface area contributed by atoms with E-state index in [-0.39, 0.29) is 24.1 Å². The smallest absolute Gasteiger partial charge is 0.407 e. The summed E-state index contributed by atoms with van der Waals surface area (Å²) in [5, 5.41) is 11.7. The molecule has 1 aromatic rings. The summed E-state index contributed by atoms with van der Waals surface area (Å²) in [7, 11) is 0. The average Bonchev–Trinajstić information content (AvgIpc) is 2.42. The van der Waals surface area contributed by atoms with Gasteiger partial charge in [-0.05, 0) is 23.6 Å². The SMILES string of the molecule is C=CCOC(=O)NC(c1cccc(C(=O)O)c1)C(C)C. The van der Waals surface area contributed by atoms with Gasteiger partial charge in [0.15, 0.2) is 0 Å². The second kappa shape index (κ2) is 7.33. The summed E-state index contributed by atoms with van der Waals surface area (Å²) in [4.78, 5) is 22.6. The van der Waals surface area contributed by atoms with Crippen LogP contribution in [0.3, 0.4) is 0 Å². The lowest BCUT2D eigenvalue weighted by molar-refractivity contribution is 0.0696. The maximum absolute atomic E-state index is 11.6. The van der Waals surface area contributed by atoms with E-state index in [4.69, 9.17) is 9.84 Å². The fourth-order valence-electron chi connectivity index (χ4n) is 1.80. The molecular weight excluding hydrogens is 258 g/mol. The lowest BCUT2D eigenvalue weighted by Crippen LogP contribution is -2.32. The van der Waals surface area contributed by atoms with Crippen molar-refractivity contribution >= 4 is 12.1 Å². The zero-order valence-corrected chi connectivity index (χ0v) is 11.6. The van der Waals surface area contributed by atoms with Crippen LogP contribution in [0.15, 0.2) is 36.9 Å². The van der Waals surface area contributed by atoms with Crippen LogP contribution in [0.5, 0.6) is 0 Å². The zero-order valence-electron chi connectivity index (χ0n) is 11.6. The number of carboxylic acid groups (broad SMARTS) is 1. The summed E-state index contributed by atoms with van der Waals surface area (Å²) in [6.45, 7) is 7.47. The minimum Gasteiger partial charge on any atom is -0.478 e. The first-order valence-electron chi connectivity index (χ1n) is 6.33. The van der Waals surface area contributed by atoms with Crippen LogP contribution in [0.4, 0.5) is 4.79 Å². The van der Waals surface area contributed by atoms with E-state index in [0.717, 1.165) is 5.56 Å². The molecule has 5 nitrogen and oxygen atoms in total. The number of benzene rings is 1. The monoisotopic (exact) mass is 277 g/mol. The van der Waals surface area contributed by atoms with Gasteiger partial charge in [0.1, 0.15) is 6.61 Å². The van der Waals surface area contributed by atoms with Crippen molar-refractivity contribution in [3.8, 4) is 0 Å². The Labute approximate surface area is 118 Å². The molecule has 2 N–H and O–H groups in total. The molecule has 0 aliphatic carbocycles. The minimum atomic E-state index is -0.997. The minimum absolute atomic E-state index is 0.0929. The highest BCUT2D eigenvalue weighted by Gasteiger charge is 2.20. The first-order chi connectivity index (χ1) is 9.45. The number of ether oxygens (including phenoxy) is 1. The fourth-order valence-corrected chi connectivity index (χ4v) is 1.80. The molecule has 0 spiro atoms. The highest BCUT2D eigenvalue weighted by Crippen LogP contribution is 2.22. The van der Waals surface area contributed by atoms with E-state index in [2.05, 4.69) is 11.9 Å². The largest absolute Gasteiger partial charge is 0.478 e. The highest BCUT2D eigenvalue weighted by atomic mass is 16.5. The van der Waals surface area contributed by atoms with Gasteiger partial charge in [-0.1, -0.05) is 38.6 Å². The van der Waals surface area contributed by atoms with Crippen molar-refractivity contribution in [2.45, 2.75) is 19.9 Å². The number of nitrogens with one attached hydrogen (secondary N) is 1. The second-order valence-electron chi connectivity index (χ2n) is 4.68. The maximum Gasteiger partial charge on any atom is 0.407 e. The summed E-state index contributed by atoms with van der Waals surface area (Å²) in [6.07, 6.45) is 0.930. The van der Waals surface area contributed by atoms with Gasteiger partial charge in [-0.15, -0.1) is 0 Å². The predicted octanol–water partition coefficient (Wildman–Crippen LogP) is 2.99. The Balaban J connectivity index is 2.90. The number of aromatic carboxylic acids is 1. The highest BCUT2D eigenvalue weighted by molar-refractivity contribution is 5.87. The molecule has 5 heteroatoms. The van der Waals surface area contributed by atoms with Gasteiger partial charge < -0.3 is 15.2 Å². The van der Waals surface area contributed by atoms with Crippen LogP contribution in [0.25, 0.3) is 0 Å². The van der Waals surface area contributed by atoms with Crippen molar-refractivity contribution in [2.24, 2.45) is 5.92 Å². The molecule has 1 rings (SSSR count). The zero-order chi connectivity index (χ0) is 15.1. The molecule has 0 saturated heterocycles. The number of rotatable bonds is 6. The van der Waals surface area contributed by atoms with Crippen molar-refractivity contribution in [1.82, 2.24) is 5.32 Å². The molecule has 0 radical (unpaired) electrons. The van der Waals surface area contributed by atoms with E-state index in [1.54, 1.807) is 18.2 Å². The predicted molar refractivity (Wildman–Crippen MR) is 75.7 cm³/mol. The number of amides is 1. The van der Waals surface area contributed by atoms with E-state index in [1.807, 2.05) is 13.8 Å². The van der Waals surface area contributed by atoms with Gasteiger partial charge in [0.05, 0.1) is 11.6 Å². The van der Waals surface area contributed by atoms with E-state index in [9.17, 15) is 9.59 Å². The van der Waals surface area contributed by atoms with Gasteiger partial charge in [-0.3, -0.25) is 0 Å². The van der Waals surface area contributed by atoms with Gasteiger partial charge in [-0.2, -0.15) is 0 Å². The molecular formula is C15H19NO4. The fraction of sp³-hybridized carbons (Fsp3) is 0.333. The molecule has 0 saturated carbocycles. The third-order valence-corrected chi connectivity index (χ3v) is 2.76. The number of carbonyl (C=O) groups excluding carboxylic acids is 1. The lowest BCUT2D eigenvalue weighted by Gasteiger charge is -2.22. The molecule has 0 aromatic heterocycles. The van der Waals surface area contributed by atoms with Gasteiger partial charge in [0.2, 0.25) is 0 Å². The summed E-state index contributed by atoms with van der Waals surface area (Å²) < 4.78 is 4.89. The van der Waals surface area contributed by atoms with Crippen molar-refractivity contribution in [3.05, 3.63) is 48.0 Å². The third-order valence-electron chi connectivity index (χ3n) is 2.76. The molecule has 0 aliphatic rings. The maximum atomic E-state index is 11.6. The topological polar surface area (TPSA) is 75.6 Å². The molecule has 0 heterocycles. The van der Waals surface area contributed by atoms with Crippen molar-refractivity contribution < 1.29 is 19.4 Å². The Bertz CT molecular complexity index is 496. The molecule has 1 aromatic carbocycles. The van der Waals surface area contributed by atoms with Gasteiger partial charge in [0.25, 0.3) is 0 Å². The Morgan fingerprint density at radius 2 is 2.15 bits per heavy atom. The van der Waals surface area contributed by atoms with Crippen LogP contribution in [-0.4, -0.2) is 23.8 Å². The van der Waals surface area contributed by atoms with Crippen molar-refractivity contribution in [3.63, 3.8) is 0 Å². The van der Waals surface area contributed by atoms with E-state index >= 15 is 0 Å².